The van der Waals surface area contributed by atoms with Gasteiger partial charge in [-0.15, -0.1) is 0 Å². The lowest BCUT2D eigenvalue weighted by atomic mass is 10.1. The number of hydrogen-bond donors (Lipinski definition) is 1. The van der Waals surface area contributed by atoms with Crippen molar-refractivity contribution in [1.82, 2.24) is 5.32 Å². The number of halogens is 3. The highest BCUT2D eigenvalue weighted by atomic mass is 19.1. The van der Waals surface area contributed by atoms with Gasteiger partial charge in [-0.05, 0) is 12.1 Å². The second-order valence-corrected chi connectivity index (χ2v) is 3.88. The molecule has 1 heterocycles. The van der Waals surface area contributed by atoms with Crippen LogP contribution < -0.4 is 5.32 Å². The molecule has 2 aromatic rings. The Kier molecular flexibility index (Phi) is 3.89. The molecule has 0 unspecified atom stereocenters. The smallest absolute Gasteiger partial charge is 0.225 e. The van der Waals surface area contributed by atoms with Gasteiger partial charge in [-0.2, -0.15) is 0 Å². The fourth-order valence-electron chi connectivity index (χ4n) is 1.56. The molecule has 0 saturated heterocycles. The average Bonchev–Trinajstić information content (AvgIpc) is 2.84. The van der Waals surface area contributed by atoms with E-state index in [4.69, 9.17) is 4.42 Å². The van der Waals surface area contributed by atoms with Gasteiger partial charge in [0.25, 0.3) is 0 Å². The topological polar surface area (TPSA) is 42.2 Å². The van der Waals surface area contributed by atoms with Crippen molar-refractivity contribution in [3.8, 4) is 0 Å². The number of nitrogens with one attached hydrogen (secondary N) is 1. The number of furan rings is 1. The Morgan fingerprint density at radius 2 is 1.89 bits per heavy atom. The zero-order valence-electron chi connectivity index (χ0n) is 9.75. The van der Waals surface area contributed by atoms with Crippen molar-refractivity contribution in [3.63, 3.8) is 0 Å². The van der Waals surface area contributed by atoms with Crippen LogP contribution in [0.1, 0.15) is 11.3 Å². The summed E-state index contributed by atoms with van der Waals surface area (Å²) in [5.74, 6) is -3.24. The highest BCUT2D eigenvalue weighted by Crippen LogP contribution is 2.15. The van der Waals surface area contributed by atoms with E-state index in [2.05, 4.69) is 5.32 Å². The summed E-state index contributed by atoms with van der Waals surface area (Å²) in [6.45, 7) is 0.121. The Morgan fingerprint density at radius 1 is 1.21 bits per heavy atom. The van der Waals surface area contributed by atoms with Crippen molar-refractivity contribution < 1.29 is 22.4 Å². The molecule has 3 nitrogen and oxygen atoms in total. The molecule has 1 N–H and O–H groups in total. The second kappa shape index (κ2) is 5.60. The second-order valence-electron chi connectivity index (χ2n) is 3.88. The molecule has 6 heteroatoms. The predicted octanol–water partition coefficient (Wildman–Crippen LogP) is 2.56. The van der Waals surface area contributed by atoms with Crippen molar-refractivity contribution in [1.29, 1.82) is 0 Å². The van der Waals surface area contributed by atoms with E-state index in [1.165, 1.54) is 6.26 Å². The third kappa shape index (κ3) is 3.37. The quantitative estimate of drug-likeness (QED) is 0.926. The molecule has 0 atom stereocenters. The molecule has 0 spiro atoms. The van der Waals surface area contributed by atoms with Gasteiger partial charge in [0.1, 0.15) is 23.2 Å². The first-order chi connectivity index (χ1) is 9.06. The van der Waals surface area contributed by atoms with Crippen LogP contribution in [0.5, 0.6) is 0 Å². The van der Waals surface area contributed by atoms with Crippen molar-refractivity contribution in [2.45, 2.75) is 13.0 Å². The van der Waals surface area contributed by atoms with Gasteiger partial charge < -0.3 is 9.73 Å². The van der Waals surface area contributed by atoms with E-state index < -0.39 is 35.3 Å². The fourth-order valence-corrected chi connectivity index (χ4v) is 1.56. The van der Waals surface area contributed by atoms with Crippen LogP contribution in [0, 0.1) is 17.5 Å². The molecule has 1 aromatic heterocycles. The first kappa shape index (κ1) is 13.2. The van der Waals surface area contributed by atoms with Gasteiger partial charge in [0.05, 0.1) is 19.2 Å². The Hall–Kier alpha value is -2.24. The third-order valence-electron chi connectivity index (χ3n) is 2.48. The molecule has 0 fully saturated rings. The van der Waals surface area contributed by atoms with Crippen LogP contribution in [-0.4, -0.2) is 5.91 Å². The summed E-state index contributed by atoms with van der Waals surface area (Å²) in [5, 5.41) is 2.44. The highest BCUT2D eigenvalue weighted by Gasteiger charge is 2.15. The number of carbonyl (C=O) groups is 1. The van der Waals surface area contributed by atoms with Gasteiger partial charge in [0.2, 0.25) is 5.91 Å². The van der Waals surface area contributed by atoms with E-state index >= 15 is 0 Å². The molecule has 1 aromatic carbocycles. The SMILES string of the molecule is O=C(Cc1c(F)cc(F)cc1F)NCc1ccco1. The van der Waals surface area contributed by atoms with Gasteiger partial charge in [-0.1, -0.05) is 0 Å². The van der Waals surface area contributed by atoms with Crippen LogP contribution in [0.25, 0.3) is 0 Å². The first-order valence-corrected chi connectivity index (χ1v) is 5.49. The van der Waals surface area contributed by atoms with E-state index in [1.807, 2.05) is 0 Å². The molecule has 0 saturated carbocycles. The maximum Gasteiger partial charge on any atom is 0.225 e. The largest absolute Gasteiger partial charge is 0.467 e. The lowest BCUT2D eigenvalue weighted by Gasteiger charge is -2.06. The Labute approximate surface area is 107 Å². The van der Waals surface area contributed by atoms with Crippen LogP contribution in [0.3, 0.4) is 0 Å². The zero-order valence-corrected chi connectivity index (χ0v) is 9.75. The average molecular weight is 269 g/mol. The van der Waals surface area contributed by atoms with E-state index in [0.717, 1.165) is 0 Å². The van der Waals surface area contributed by atoms with Crippen molar-refractivity contribution in [2.75, 3.05) is 0 Å². The molecule has 0 radical (unpaired) electrons. The summed E-state index contributed by atoms with van der Waals surface area (Å²) in [6, 6.07) is 4.39. The summed E-state index contributed by atoms with van der Waals surface area (Å²) in [6.07, 6.45) is 0.944. The standard InChI is InChI=1S/C13H10F3NO2/c14-8-4-11(15)10(12(16)5-8)6-13(18)17-7-9-2-1-3-19-9/h1-5H,6-7H2,(H,17,18). The normalized spacial score (nSPS) is 10.5. The monoisotopic (exact) mass is 269 g/mol. The van der Waals surface area contributed by atoms with Crippen molar-refractivity contribution in [3.05, 3.63) is 59.3 Å². The molecular weight excluding hydrogens is 259 g/mol. The number of amides is 1. The summed E-state index contributed by atoms with van der Waals surface area (Å²) in [5.41, 5.74) is -0.460. The van der Waals surface area contributed by atoms with Gasteiger partial charge >= 0.3 is 0 Å². The maximum atomic E-state index is 13.3. The van der Waals surface area contributed by atoms with Gasteiger partial charge in [-0.25, -0.2) is 13.2 Å². The van der Waals surface area contributed by atoms with Gasteiger partial charge in [-0.3, -0.25) is 4.79 Å². The summed E-state index contributed by atoms with van der Waals surface area (Å²) < 4.78 is 44.3. The molecule has 100 valence electrons. The molecule has 0 aliphatic carbocycles. The Balaban J connectivity index is 1.99. The minimum Gasteiger partial charge on any atom is -0.467 e. The molecular formula is C13H10F3NO2. The maximum absolute atomic E-state index is 13.3. The van der Waals surface area contributed by atoms with E-state index in [9.17, 15) is 18.0 Å². The predicted molar refractivity (Wildman–Crippen MR) is 60.6 cm³/mol. The number of rotatable bonds is 4. The van der Waals surface area contributed by atoms with Gasteiger partial charge in [0, 0.05) is 17.7 Å². The molecule has 1 amide bonds. The molecule has 0 bridgehead atoms. The summed E-state index contributed by atoms with van der Waals surface area (Å²) in [4.78, 5) is 11.5. The van der Waals surface area contributed by atoms with Gasteiger partial charge in [0.15, 0.2) is 0 Å². The lowest BCUT2D eigenvalue weighted by Crippen LogP contribution is -2.25. The minimum absolute atomic E-state index is 0.121. The summed E-state index contributed by atoms with van der Waals surface area (Å²) in [7, 11) is 0. The van der Waals surface area contributed by atoms with Crippen LogP contribution in [-0.2, 0) is 17.8 Å². The van der Waals surface area contributed by atoms with Crippen LogP contribution in [0.4, 0.5) is 13.2 Å². The fraction of sp³-hybridized carbons (Fsp3) is 0.154. The van der Waals surface area contributed by atoms with Crippen molar-refractivity contribution >= 4 is 5.91 Å². The van der Waals surface area contributed by atoms with Crippen LogP contribution >= 0.6 is 0 Å². The van der Waals surface area contributed by atoms with Crippen LogP contribution in [0.15, 0.2) is 34.9 Å². The molecule has 2 rings (SSSR count). The van der Waals surface area contributed by atoms with Crippen molar-refractivity contribution in [2.24, 2.45) is 0 Å². The first-order valence-electron chi connectivity index (χ1n) is 5.49. The van der Waals surface area contributed by atoms with Crippen LogP contribution in [0.2, 0.25) is 0 Å². The number of hydrogen-bond acceptors (Lipinski definition) is 2. The Morgan fingerprint density at radius 3 is 2.47 bits per heavy atom. The minimum atomic E-state index is -1.08. The molecule has 0 aliphatic rings. The lowest BCUT2D eigenvalue weighted by molar-refractivity contribution is -0.120. The summed E-state index contributed by atoms with van der Waals surface area (Å²) >= 11 is 0. The number of carbonyl (C=O) groups excluding carboxylic acids is 1. The zero-order chi connectivity index (χ0) is 13.8. The van der Waals surface area contributed by atoms with E-state index in [1.54, 1.807) is 12.1 Å². The molecule has 0 aliphatic heterocycles. The Bertz CT molecular complexity index is 559. The van der Waals surface area contributed by atoms with E-state index in [0.29, 0.717) is 17.9 Å². The molecule has 19 heavy (non-hydrogen) atoms. The number of benzene rings is 1. The van der Waals surface area contributed by atoms with E-state index in [-0.39, 0.29) is 6.54 Å². The highest BCUT2D eigenvalue weighted by molar-refractivity contribution is 5.78. The third-order valence-corrected chi connectivity index (χ3v) is 2.48.